The number of rotatable bonds is 9. The standard InChI is InChI=1S/C20H26O4.HPS.Ti/c1-15(24-14-17-8-10-19(23-2)11-9-17)20(22)18(13-21)12-16-6-4-3-5-7-16;1-2;/h3-11,15,18,20-22H,12-14H2,1-2H3;1H;/t15-,18-,20-;;/m0../s1. The molecule has 0 bridgehead atoms. The van der Waals surface area contributed by atoms with Crippen LogP contribution in [0.1, 0.15) is 18.1 Å². The van der Waals surface area contributed by atoms with E-state index in [9.17, 15) is 10.2 Å². The minimum Gasteiger partial charge on any atom is -0.497 e. The Morgan fingerprint density at radius 2 is 1.59 bits per heavy atom. The Balaban J connectivity index is 0.00000218. The van der Waals surface area contributed by atoms with Crippen LogP contribution in [0.25, 0.3) is 0 Å². The molecule has 146 valence electrons. The summed E-state index contributed by atoms with van der Waals surface area (Å²) in [6, 6.07) is 17.5. The van der Waals surface area contributed by atoms with Crippen LogP contribution in [-0.4, -0.2) is 36.1 Å². The van der Waals surface area contributed by atoms with Gasteiger partial charge in [-0.3, -0.25) is 0 Å². The molecule has 7 heteroatoms. The summed E-state index contributed by atoms with van der Waals surface area (Å²) < 4.78 is 10.9. The van der Waals surface area contributed by atoms with E-state index in [1.54, 1.807) is 7.11 Å². The van der Waals surface area contributed by atoms with Gasteiger partial charge in [-0.1, -0.05) is 54.3 Å². The SMILES string of the molecule is COc1ccc(CO[C@@H](C)[C@H](O)[C@H](CO)Cc2ccccc2)cc1.P=S.[Ti]. The zero-order valence-electron chi connectivity index (χ0n) is 15.7. The maximum absolute atomic E-state index is 10.5. The normalized spacial score (nSPS) is 13.3. The molecule has 2 rings (SSSR count). The zero-order valence-corrected chi connectivity index (χ0v) is 19.0. The van der Waals surface area contributed by atoms with Gasteiger partial charge in [0.2, 0.25) is 0 Å². The molecular weight excluding hydrogens is 415 g/mol. The molecule has 0 unspecified atom stereocenters. The van der Waals surface area contributed by atoms with E-state index in [4.69, 9.17) is 9.47 Å². The third-order valence-corrected chi connectivity index (χ3v) is 4.21. The van der Waals surface area contributed by atoms with Gasteiger partial charge in [0.25, 0.3) is 0 Å². The molecule has 2 N–H and O–H groups in total. The van der Waals surface area contributed by atoms with Crippen LogP contribution in [0.2, 0.25) is 0 Å². The predicted octanol–water partition coefficient (Wildman–Crippen LogP) is 3.40. The molecule has 3 atom stereocenters. The molecule has 2 aromatic carbocycles. The fourth-order valence-corrected chi connectivity index (χ4v) is 2.64. The van der Waals surface area contributed by atoms with E-state index < -0.39 is 6.10 Å². The topological polar surface area (TPSA) is 58.9 Å². The van der Waals surface area contributed by atoms with Crippen molar-refractivity contribution >= 4 is 19.8 Å². The first-order valence-electron chi connectivity index (χ1n) is 8.41. The van der Waals surface area contributed by atoms with Gasteiger partial charge >= 0.3 is 0 Å². The molecule has 0 fully saturated rings. The summed E-state index contributed by atoms with van der Waals surface area (Å²) in [6.45, 7) is 2.17. The molecule has 0 aliphatic rings. The summed E-state index contributed by atoms with van der Waals surface area (Å²) in [5.74, 6) is 0.549. The number of hydrogen-bond donors (Lipinski definition) is 2. The van der Waals surface area contributed by atoms with Crippen molar-refractivity contribution in [3.05, 3.63) is 65.7 Å². The van der Waals surface area contributed by atoms with Crippen LogP contribution in [0, 0.1) is 5.92 Å². The van der Waals surface area contributed by atoms with Gasteiger partial charge < -0.3 is 19.7 Å². The van der Waals surface area contributed by atoms with Crippen molar-refractivity contribution in [2.45, 2.75) is 32.2 Å². The fraction of sp³-hybridized carbons (Fsp3) is 0.400. The number of methoxy groups -OCH3 is 1. The summed E-state index contributed by atoms with van der Waals surface area (Å²) >= 11 is 3.89. The third-order valence-electron chi connectivity index (χ3n) is 4.21. The molecule has 0 spiro atoms. The molecule has 2 aromatic rings. The van der Waals surface area contributed by atoms with E-state index in [1.165, 1.54) is 0 Å². The zero-order chi connectivity index (χ0) is 19.4. The number of aliphatic hydroxyl groups excluding tert-OH is 2. The smallest absolute Gasteiger partial charge is 0.118 e. The Morgan fingerprint density at radius 3 is 2.11 bits per heavy atom. The van der Waals surface area contributed by atoms with Gasteiger partial charge in [-0.2, -0.15) is 0 Å². The average Bonchev–Trinajstić information content (AvgIpc) is 2.72. The van der Waals surface area contributed by atoms with E-state index in [-0.39, 0.29) is 40.3 Å². The van der Waals surface area contributed by atoms with Gasteiger partial charge in [0.05, 0.1) is 25.9 Å². The first-order valence-corrected chi connectivity index (χ1v) is 10.0. The van der Waals surface area contributed by atoms with Gasteiger partial charge in [-0.25, -0.2) is 0 Å². The van der Waals surface area contributed by atoms with Crippen LogP contribution in [0.5, 0.6) is 5.75 Å². The molecule has 0 aliphatic heterocycles. The number of hydrogen-bond acceptors (Lipinski definition) is 5. The van der Waals surface area contributed by atoms with Crippen molar-refractivity contribution < 1.29 is 41.4 Å². The van der Waals surface area contributed by atoms with Crippen LogP contribution in [0.4, 0.5) is 0 Å². The Bertz CT molecular complexity index is 615. The number of aliphatic hydroxyl groups is 2. The van der Waals surface area contributed by atoms with Crippen LogP contribution in [0.15, 0.2) is 54.6 Å². The van der Waals surface area contributed by atoms with Crippen LogP contribution in [0.3, 0.4) is 0 Å². The quantitative estimate of drug-likeness (QED) is 0.461. The van der Waals surface area contributed by atoms with Crippen LogP contribution < -0.4 is 4.74 Å². The molecular formula is C20H27O4PSTi. The second-order valence-electron chi connectivity index (χ2n) is 5.99. The molecule has 0 saturated carbocycles. The van der Waals surface area contributed by atoms with Crippen LogP contribution in [-0.2, 0) is 51.3 Å². The predicted molar refractivity (Wildman–Crippen MR) is 110 cm³/mol. The molecule has 27 heavy (non-hydrogen) atoms. The second kappa shape index (κ2) is 15.3. The van der Waals surface area contributed by atoms with Crippen molar-refractivity contribution in [3.63, 3.8) is 0 Å². The minimum absolute atomic E-state index is 0. The molecule has 0 aliphatic carbocycles. The number of benzene rings is 2. The maximum Gasteiger partial charge on any atom is 0.118 e. The molecule has 0 radical (unpaired) electrons. The Morgan fingerprint density at radius 1 is 1.00 bits per heavy atom. The Labute approximate surface area is 184 Å². The van der Waals surface area contributed by atoms with E-state index >= 15 is 0 Å². The van der Waals surface area contributed by atoms with Crippen molar-refractivity contribution in [1.29, 1.82) is 0 Å². The van der Waals surface area contributed by atoms with E-state index in [0.29, 0.717) is 13.0 Å². The summed E-state index contributed by atoms with van der Waals surface area (Å²) in [5, 5.41) is 20.1. The average molecular weight is 442 g/mol. The Hall–Kier alpha value is -0.646. The van der Waals surface area contributed by atoms with Gasteiger partial charge in [0.1, 0.15) is 5.75 Å². The summed E-state index contributed by atoms with van der Waals surface area (Å²) in [5.41, 5.74) is 2.11. The van der Waals surface area contributed by atoms with Gasteiger partial charge in [0, 0.05) is 34.2 Å². The largest absolute Gasteiger partial charge is 0.497 e. The van der Waals surface area contributed by atoms with Crippen molar-refractivity contribution in [2.24, 2.45) is 5.92 Å². The second-order valence-corrected chi connectivity index (χ2v) is 5.99. The maximum atomic E-state index is 10.5. The molecule has 0 amide bonds. The third kappa shape index (κ3) is 9.40. The van der Waals surface area contributed by atoms with E-state index in [0.717, 1.165) is 16.9 Å². The minimum atomic E-state index is -0.728. The van der Waals surface area contributed by atoms with Gasteiger partial charge in [0.15, 0.2) is 0 Å². The van der Waals surface area contributed by atoms with Crippen molar-refractivity contribution in [3.8, 4) is 5.75 Å². The van der Waals surface area contributed by atoms with E-state index in [1.807, 2.05) is 61.5 Å². The monoisotopic (exact) mass is 442 g/mol. The van der Waals surface area contributed by atoms with Crippen molar-refractivity contribution in [1.82, 2.24) is 0 Å². The molecule has 0 saturated heterocycles. The summed E-state index contributed by atoms with van der Waals surface area (Å²) in [4.78, 5) is 0. The molecule has 0 heterocycles. The number of ether oxygens (including phenoxy) is 2. The van der Waals surface area contributed by atoms with Crippen LogP contribution >= 0.6 is 8.02 Å². The first-order chi connectivity index (χ1) is 12.6. The Kier molecular flexibility index (Phi) is 14.9. The van der Waals surface area contributed by atoms with Crippen molar-refractivity contribution in [2.75, 3.05) is 13.7 Å². The summed E-state index contributed by atoms with van der Waals surface area (Å²) in [7, 11) is 4.19. The summed E-state index contributed by atoms with van der Waals surface area (Å²) in [6.07, 6.45) is -0.476. The molecule has 0 aromatic heterocycles. The van der Waals surface area contributed by atoms with Gasteiger partial charge in [-0.15, -0.1) is 0 Å². The molecule has 4 nitrogen and oxygen atoms in total. The van der Waals surface area contributed by atoms with E-state index in [2.05, 4.69) is 19.8 Å². The van der Waals surface area contributed by atoms with Gasteiger partial charge in [-0.05, 0) is 44.6 Å². The fourth-order valence-electron chi connectivity index (χ4n) is 2.64. The first kappa shape index (κ1) is 26.4.